The molecule has 1 heterocycles. The zero-order valence-electron chi connectivity index (χ0n) is 18.4. The number of benzene rings is 3. The third-order valence-corrected chi connectivity index (χ3v) is 5.64. The van der Waals surface area contributed by atoms with Gasteiger partial charge in [0.25, 0.3) is 11.8 Å². The number of ether oxygens (including phenoxy) is 2. The number of imide groups is 1. The number of hydrogen-bond acceptors (Lipinski definition) is 4. The van der Waals surface area contributed by atoms with Gasteiger partial charge < -0.3 is 9.47 Å². The van der Waals surface area contributed by atoms with Crippen molar-refractivity contribution in [2.75, 3.05) is 13.2 Å². The second-order valence-corrected chi connectivity index (χ2v) is 7.64. The van der Waals surface area contributed by atoms with Crippen LogP contribution < -0.4 is 9.47 Å². The minimum atomic E-state index is -0.419. The zero-order chi connectivity index (χ0) is 22.5. The number of amides is 2. The van der Waals surface area contributed by atoms with Crippen LogP contribution in [0.2, 0.25) is 0 Å². The Bertz CT molecular complexity index is 1070. The van der Waals surface area contributed by atoms with E-state index in [1.807, 2.05) is 50.2 Å². The third-order valence-electron chi connectivity index (χ3n) is 5.64. The van der Waals surface area contributed by atoms with Crippen LogP contribution in [-0.4, -0.2) is 29.9 Å². The molecule has 164 valence electrons. The number of aryl methyl sites for hydroxylation is 1. The van der Waals surface area contributed by atoms with Crippen LogP contribution in [0, 0.1) is 0 Å². The van der Waals surface area contributed by atoms with Gasteiger partial charge in [-0.1, -0.05) is 48.5 Å². The highest BCUT2D eigenvalue weighted by Gasteiger charge is 2.40. The van der Waals surface area contributed by atoms with E-state index in [2.05, 4.69) is 12.1 Å². The van der Waals surface area contributed by atoms with Gasteiger partial charge >= 0.3 is 0 Å². The molecule has 32 heavy (non-hydrogen) atoms. The van der Waals surface area contributed by atoms with Crippen molar-refractivity contribution in [2.24, 2.45) is 0 Å². The first-order valence-corrected chi connectivity index (χ1v) is 11.0. The fourth-order valence-corrected chi connectivity index (χ4v) is 4.16. The van der Waals surface area contributed by atoms with Crippen molar-refractivity contribution >= 4 is 11.8 Å². The van der Waals surface area contributed by atoms with E-state index in [1.54, 1.807) is 24.3 Å². The molecule has 0 spiro atoms. The van der Waals surface area contributed by atoms with E-state index in [9.17, 15) is 9.59 Å². The molecule has 2 amide bonds. The highest BCUT2D eigenvalue weighted by molar-refractivity contribution is 6.21. The first kappa shape index (κ1) is 21.6. The summed E-state index contributed by atoms with van der Waals surface area (Å²) in [4.78, 5) is 27.9. The van der Waals surface area contributed by atoms with Gasteiger partial charge in [-0.3, -0.25) is 14.5 Å². The lowest BCUT2D eigenvalue weighted by molar-refractivity contribution is 0.0573. The van der Waals surface area contributed by atoms with E-state index in [0.717, 1.165) is 17.5 Å². The van der Waals surface area contributed by atoms with Crippen LogP contribution in [0.1, 0.15) is 58.2 Å². The Morgan fingerprint density at radius 1 is 0.750 bits per heavy atom. The third kappa shape index (κ3) is 4.24. The molecule has 0 saturated carbocycles. The van der Waals surface area contributed by atoms with E-state index in [0.29, 0.717) is 42.3 Å². The first-order valence-electron chi connectivity index (χ1n) is 11.0. The fraction of sp³-hybridized carbons (Fsp3) is 0.259. The minimum absolute atomic E-state index is 0.254. The Labute approximate surface area is 188 Å². The molecule has 3 aromatic rings. The molecule has 4 rings (SSSR count). The van der Waals surface area contributed by atoms with Crippen molar-refractivity contribution in [3.05, 3.63) is 95.1 Å². The van der Waals surface area contributed by atoms with Gasteiger partial charge in [0.2, 0.25) is 0 Å². The molecule has 5 heteroatoms. The largest absolute Gasteiger partial charge is 0.490 e. The predicted molar refractivity (Wildman–Crippen MR) is 123 cm³/mol. The highest BCUT2D eigenvalue weighted by Crippen LogP contribution is 2.38. The maximum Gasteiger partial charge on any atom is 0.262 e. The van der Waals surface area contributed by atoms with Gasteiger partial charge in [0.1, 0.15) is 0 Å². The average Bonchev–Trinajstić information content (AvgIpc) is 3.07. The van der Waals surface area contributed by atoms with Crippen LogP contribution >= 0.6 is 0 Å². The Kier molecular flexibility index (Phi) is 6.55. The van der Waals surface area contributed by atoms with Gasteiger partial charge in [-0.05, 0) is 62.1 Å². The molecule has 0 aromatic heterocycles. The standard InChI is InChI=1S/C27H27NO4/c1-3-31-24-17-15-20(18-25(24)32-4-2)23(16-14-19-10-6-5-7-11-19)28-26(29)21-12-8-9-13-22(21)27(28)30/h5-13,15,17-18,23H,3-4,14,16H2,1-2H3. The minimum Gasteiger partial charge on any atom is -0.490 e. The van der Waals surface area contributed by atoms with Crippen LogP contribution in [0.4, 0.5) is 0 Å². The summed E-state index contributed by atoms with van der Waals surface area (Å²) < 4.78 is 11.5. The Morgan fingerprint density at radius 3 is 1.97 bits per heavy atom. The average molecular weight is 430 g/mol. The highest BCUT2D eigenvalue weighted by atomic mass is 16.5. The number of nitrogens with zero attached hydrogens (tertiary/aromatic N) is 1. The lowest BCUT2D eigenvalue weighted by atomic mass is 9.97. The molecule has 0 N–H and O–H groups in total. The van der Waals surface area contributed by atoms with Crippen LogP contribution in [0.15, 0.2) is 72.8 Å². The van der Waals surface area contributed by atoms with E-state index in [-0.39, 0.29) is 11.8 Å². The number of carbonyl (C=O) groups excluding carboxylic acids is 2. The van der Waals surface area contributed by atoms with Crippen LogP contribution in [0.25, 0.3) is 0 Å². The van der Waals surface area contributed by atoms with Crippen molar-refractivity contribution in [2.45, 2.75) is 32.7 Å². The number of hydrogen-bond donors (Lipinski definition) is 0. The lowest BCUT2D eigenvalue weighted by Crippen LogP contribution is -2.34. The van der Waals surface area contributed by atoms with Crippen molar-refractivity contribution in [1.29, 1.82) is 0 Å². The van der Waals surface area contributed by atoms with Crippen molar-refractivity contribution in [3.8, 4) is 11.5 Å². The second-order valence-electron chi connectivity index (χ2n) is 7.64. The molecule has 0 bridgehead atoms. The normalized spacial score (nSPS) is 13.8. The molecule has 1 aliphatic heterocycles. The Balaban J connectivity index is 1.72. The van der Waals surface area contributed by atoms with Gasteiger partial charge in [0.15, 0.2) is 11.5 Å². The van der Waals surface area contributed by atoms with Gasteiger partial charge in [0, 0.05) is 0 Å². The van der Waals surface area contributed by atoms with Crippen LogP contribution in [-0.2, 0) is 6.42 Å². The molecular formula is C27H27NO4. The summed E-state index contributed by atoms with van der Waals surface area (Å²) in [5.41, 5.74) is 2.92. The SMILES string of the molecule is CCOc1ccc(C(CCc2ccccc2)N2C(=O)c3ccccc3C2=O)cc1OCC. The lowest BCUT2D eigenvalue weighted by Gasteiger charge is -2.27. The monoisotopic (exact) mass is 429 g/mol. The van der Waals surface area contributed by atoms with E-state index in [4.69, 9.17) is 9.47 Å². The number of rotatable bonds is 9. The molecule has 0 saturated heterocycles. The summed E-state index contributed by atoms with van der Waals surface area (Å²) in [6.45, 7) is 4.85. The topological polar surface area (TPSA) is 55.8 Å². The summed E-state index contributed by atoms with van der Waals surface area (Å²) in [6, 6.07) is 22.4. The molecule has 3 aromatic carbocycles. The Morgan fingerprint density at radius 2 is 1.34 bits per heavy atom. The summed E-state index contributed by atoms with van der Waals surface area (Å²) in [6.07, 6.45) is 1.34. The first-order chi connectivity index (χ1) is 15.6. The maximum absolute atomic E-state index is 13.3. The van der Waals surface area contributed by atoms with Gasteiger partial charge in [-0.25, -0.2) is 0 Å². The van der Waals surface area contributed by atoms with Gasteiger partial charge in [-0.2, -0.15) is 0 Å². The molecular weight excluding hydrogens is 402 g/mol. The number of fused-ring (bicyclic) bond motifs is 1. The molecule has 5 nitrogen and oxygen atoms in total. The summed E-state index contributed by atoms with van der Waals surface area (Å²) in [5.74, 6) is 0.765. The number of carbonyl (C=O) groups is 2. The van der Waals surface area contributed by atoms with Crippen molar-refractivity contribution in [1.82, 2.24) is 4.90 Å². The van der Waals surface area contributed by atoms with E-state index >= 15 is 0 Å². The summed E-state index contributed by atoms with van der Waals surface area (Å²) in [7, 11) is 0. The zero-order valence-corrected chi connectivity index (χ0v) is 18.4. The van der Waals surface area contributed by atoms with Gasteiger partial charge in [-0.15, -0.1) is 0 Å². The Hall–Kier alpha value is -3.60. The van der Waals surface area contributed by atoms with Crippen molar-refractivity contribution < 1.29 is 19.1 Å². The molecule has 1 aliphatic rings. The molecule has 0 radical (unpaired) electrons. The smallest absolute Gasteiger partial charge is 0.262 e. The molecule has 0 aliphatic carbocycles. The fourth-order valence-electron chi connectivity index (χ4n) is 4.16. The predicted octanol–water partition coefficient (Wildman–Crippen LogP) is 5.45. The summed E-state index contributed by atoms with van der Waals surface area (Å²) in [5, 5.41) is 0. The molecule has 1 atom stereocenters. The maximum atomic E-state index is 13.3. The molecule has 0 fully saturated rings. The quantitative estimate of drug-likeness (QED) is 0.424. The van der Waals surface area contributed by atoms with Crippen LogP contribution in [0.3, 0.4) is 0 Å². The van der Waals surface area contributed by atoms with Gasteiger partial charge in [0.05, 0.1) is 30.4 Å². The van der Waals surface area contributed by atoms with Crippen molar-refractivity contribution in [3.63, 3.8) is 0 Å². The van der Waals surface area contributed by atoms with Crippen LogP contribution in [0.5, 0.6) is 11.5 Å². The molecule has 1 unspecified atom stereocenters. The van der Waals surface area contributed by atoms with E-state index in [1.165, 1.54) is 4.90 Å². The van der Waals surface area contributed by atoms with E-state index < -0.39 is 6.04 Å². The second kappa shape index (κ2) is 9.69. The summed E-state index contributed by atoms with van der Waals surface area (Å²) >= 11 is 0.